The van der Waals surface area contributed by atoms with E-state index in [0.29, 0.717) is 0 Å². The minimum Gasteiger partial charge on any atom is -0.387 e. The first-order chi connectivity index (χ1) is 8.06. The summed E-state index contributed by atoms with van der Waals surface area (Å²) in [6.07, 6.45) is 4.05. The molecule has 6 heteroatoms. The van der Waals surface area contributed by atoms with Crippen LogP contribution in [0.4, 0.5) is 0 Å². The predicted molar refractivity (Wildman–Crippen MR) is 70.5 cm³/mol. The van der Waals surface area contributed by atoms with E-state index < -0.39 is 0 Å². The molecule has 17 heavy (non-hydrogen) atoms. The molecule has 0 amide bonds. The van der Waals surface area contributed by atoms with Crippen LogP contribution in [0.15, 0.2) is 17.8 Å². The van der Waals surface area contributed by atoms with Crippen LogP contribution in [0.3, 0.4) is 0 Å². The van der Waals surface area contributed by atoms with Gasteiger partial charge in [0.2, 0.25) is 0 Å². The Balaban J connectivity index is 1.96. The Morgan fingerprint density at radius 3 is 3.12 bits per heavy atom. The van der Waals surface area contributed by atoms with Gasteiger partial charge in [-0.05, 0) is 7.05 Å². The number of amidine groups is 1. The molecule has 1 unspecified atom stereocenters. The van der Waals surface area contributed by atoms with Gasteiger partial charge >= 0.3 is 0 Å². The van der Waals surface area contributed by atoms with Crippen LogP contribution in [0.1, 0.15) is 12.6 Å². The van der Waals surface area contributed by atoms with Crippen molar-refractivity contribution in [3.63, 3.8) is 0 Å². The van der Waals surface area contributed by atoms with Crippen LogP contribution in [0.2, 0.25) is 0 Å². The van der Waals surface area contributed by atoms with Crippen LogP contribution in [0, 0.1) is 11.3 Å². The number of aromatic nitrogens is 2. The van der Waals surface area contributed by atoms with E-state index in [-0.39, 0.29) is 11.8 Å². The van der Waals surface area contributed by atoms with Crippen molar-refractivity contribution in [1.29, 1.82) is 5.41 Å². The zero-order chi connectivity index (χ0) is 12.4. The third-order valence-corrected chi connectivity index (χ3v) is 3.46. The molecule has 0 saturated heterocycles. The molecule has 2 aromatic heterocycles. The molecule has 0 aliphatic heterocycles. The molecule has 0 aliphatic carbocycles. The number of hydrogen-bond donors (Lipinski definition) is 2. The number of imidazole rings is 1. The first-order valence-corrected chi connectivity index (χ1v) is 6.37. The van der Waals surface area contributed by atoms with E-state index in [2.05, 4.69) is 9.88 Å². The Morgan fingerprint density at radius 1 is 1.71 bits per heavy atom. The van der Waals surface area contributed by atoms with Gasteiger partial charge < -0.3 is 5.73 Å². The number of thiazole rings is 1. The summed E-state index contributed by atoms with van der Waals surface area (Å²) in [7, 11) is 2.02. The zero-order valence-corrected chi connectivity index (χ0v) is 10.9. The van der Waals surface area contributed by atoms with Gasteiger partial charge in [0.15, 0.2) is 4.96 Å². The predicted octanol–water partition coefficient (Wildman–Crippen LogP) is 1.40. The smallest absolute Gasteiger partial charge is 0.193 e. The summed E-state index contributed by atoms with van der Waals surface area (Å²) in [5, 5.41) is 9.39. The summed E-state index contributed by atoms with van der Waals surface area (Å²) in [5.74, 6) is 0.325. The Bertz CT molecular complexity index is 486. The first-order valence-electron chi connectivity index (χ1n) is 5.50. The standard InChI is InChI=1S/C11H17N5S/c1-8(10(12)13)5-15(2)6-9-7-16-3-4-17-11(16)14-9/h3-4,7-8H,5-6H2,1-2H3,(H3,12,13). The average molecular weight is 251 g/mol. The molecular weight excluding hydrogens is 234 g/mol. The quantitative estimate of drug-likeness (QED) is 0.623. The summed E-state index contributed by atoms with van der Waals surface area (Å²) in [6.45, 7) is 3.52. The summed E-state index contributed by atoms with van der Waals surface area (Å²) in [5.41, 5.74) is 6.51. The van der Waals surface area contributed by atoms with Crippen LogP contribution in [0.5, 0.6) is 0 Å². The van der Waals surface area contributed by atoms with E-state index in [9.17, 15) is 0 Å². The Kier molecular flexibility index (Phi) is 3.44. The van der Waals surface area contributed by atoms with Crippen molar-refractivity contribution in [2.75, 3.05) is 13.6 Å². The molecule has 0 aromatic carbocycles. The lowest BCUT2D eigenvalue weighted by Crippen LogP contribution is -2.31. The second-order valence-corrected chi connectivity index (χ2v) is 5.25. The molecule has 0 aliphatic rings. The molecule has 92 valence electrons. The number of fused-ring (bicyclic) bond motifs is 1. The zero-order valence-electron chi connectivity index (χ0n) is 10.1. The molecule has 0 bridgehead atoms. The maximum atomic E-state index is 7.37. The molecule has 2 rings (SSSR count). The average Bonchev–Trinajstić information content (AvgIpc) is 2.76. The summed E-state index contributed by atoms with van der Waals surface area (Å²) < 4.78 is 2.03. The number of hydrogen-bond acceptors (Lipinski definition) is 4. The molecule has 0 saturated carbocycles. The summed E-state index contributed by atoms with van der Waals surface area (Å²) in [4.78, 5) is 7.68. The van der Waals surface area contributed by atoms with Crippen LogP contribution in [-0.4, -0.2) is 33.7 Å². The molecular formula is C11H17N5S. The fourth-order valence-electron chi connectivity index (χ4n) is 1.76. The third-order valence-electron chi connectivity index (χ3n) is 2.69. The van der Waals surface area contributed by atoms with E-state index in [1.807, 2.05) is 36.1 Å². The van der Waals surface area contributed by atoms with Crippen molar-refractivity contribution < 1.29 is 0 Å². The lowest BCUT2D eigenvalue weighted by molar-refractivity contribution is 0.303. The first kappa shape index (κ1) is 12.1. The Morgan fingerprint density at radius 2 is 2.47 bits per heavy atom. The molecule has 0 spiro atoms. The van der Waals surface area contributed by atoms with Crippen molar-refractivity contribution in [3.8, 4) is 0 Å². The highest BCUT2D eigenvalue weighted by molar-refractivity contribution is 7.15. The van der Waals surface area contributed by atoms with Crippen LogP contribution < -0.4 is 5.73 Å². The van der Waals surface area contributed by atoms with Gasteiger partial charge in [-0.3, -0.25) is 14.7 Å². The Labute approximate surface area is 104 Å². The number of nitrogens with one attached hydrogen (secondary N) is 1. The van der Waals surface area contributed by atoms with E-state index in [0.717, 1.165) is 23.7 Å². The highest BCUT2D eigenvalue weighted by Crippen LogP contribution is 2.12. The largest absolute Gasteiger partial charge is 0.387 e. The van der Waals surface area contributed by atoms with Gasteiger partial charge in [0, 0.05) is 36.8 Å². The minimum atomic E-state index is 0.0868. The molecule has 0 radical (unpaired) electrons. The summed E-state index contributed by atoms with van der Waals surface area (Å²) >= 11 is 1.63. The van der Waals surface area contributed by atoms with E-state index in [4.69, 9.17) is 11.1 Å². The van der Waals surface area contributed by atoms with E-state index >= 15 is 0 Å². The van der Waals surface area contributed by atoms with Crippen molar-refractivity contribution in [2.24, 2.45) is 11.7 Å². The monoisotopic (exact) mass is 251 g/mol. The topological polar surface area (TPSA) is 70.4 Å². The third kappa shape index (κ3) is 2.83. The molecule has 0 fully saturated rings. The molecule has 3 N–H and O–H groups in total. The van der Waals surface area contributed by atoms with E-state index in [1.165, 1.54) is 0 Å². The highest BCUT2D eigenvalue weighted by atomic mass is 32.1. The molecule has 1 atom stereocenters. The second kappa shape index (κ2) is 4.85. The van der Waals surface area contributed by atoms with E-state index in [1.54, 1.807) is 11.3 Å². The lowest BCUT2D eigenvalue weighted by atomic mass is 10.1. The van der Waals surface area contributed by atoms with Crippen molar-refractivity contribution in [1.82, 2.24) is 14.3 Å². The van der Waals surface area contributed by atoms with Gasteiger partial charge in [-0.1, -0.05) is 6.92 Å². The van der Waals surface area contributed by atoms with Gasteiger partial charge in [-0.2, -0.15) is 0 Å². The Hall–Kier alpha value is -1.40. The number of nitrogens with two attached hydrogens (primary N) is 1. The van der Waals surface area contributed by atoms with Gasteiger partial charge in [-0.15, -0.1) is 11.3 Å². The minimum absolute atomic E-state index is 0.0868. The van der Waals surface area contributed by atoms with Crippen LogP contribution in [0.25, 0.3) is 4.96 Å². The van der Waals surface area contributed by atoms with Crippen LogP contribution >= 0.6 is 11.3 Å². The fraction of sp³-hybridized carbons (Fsp3) is 0.455. The number of nitrogens with zero attached hydrogens (tertiary/aromatic N) is 3. The highest BCUT2D eigenvalue weighted by Gasteiger charge is 2.11. The normalized spacial score (nSPS) is 13.4. The number of rotatable bonds is 5. The molecule has 2 heterocycles. The lowest BCUT2D eigenvalue weighted by Gasteiger charge is -2.19. The maximum absolute atomic E-state index is 7.37. The van der Waals surface area contributed by atoms with Crippen molar-refractivity contribution >= 4 is 22.1 Å². The van der Waals surface area contributed by atoms with Gasteiger partial charge in [0.25, 0.3) is 0 Å². The molecule has 5 nitrogen and oxygen atoms in total. The van der Waals surface area contributed by atoms with Gasteiger partial charge in [-0.25, -0.2) is 4.98 Å². The van der Waals surface area contributed by atoms with Crippen molar-refractivity contribution in [2.45, 2.75) is 13.5 Å². The van der Waals surface area contributed by atoms with Gasteiger partial charge in [0.1, 0.15) is 0 Å². The second-order valence-electron chi connectivity index (χ2n) is 4.38. The van der Waals surface area contributed by atoms with Crippen molar-refractivity contribution in [3.05, 3.63) is 23.5 Å². The SMILES string of the molecule is CC(CN(C)Cc1cn2ccsc2n1)C(=N)N. The fourth-order valence-corrected chi connectivity index (χ4v) is 2.48. The van der Waals surface area contributed by atoms with Gasteiger partial charge in [0.05, 0.1) is 11.5 Å². The van der Waals surface area contributed by atoms with Crippen LogP contribution in [-0.2, 0) is 6.54 Å². The maximum Gasteiger partial charge on any atom is 0.193 e. The molecule has 2 aromatic rings. The summed E-state index contributed by atoms with van der Waals surface area (Å²) in [6, 6.07) is 0.